The number of hydrogen-bond acceptors (Lipinski definition) is 5. The Balaban J connectivity index is 4.52. The Morgan fingerprint density at radius 2 is 2.21 bits per heavy atom. The van der Waals surface area contributed by atoms with Gasteiger partial charge in [0.2, 0.25) is 0 Å². The van der Waals surface area contributed by atoms with Crippen molar-refractivity contribution < 1.29 is 29.7 Å². The number of ether oxygens (including phenoxy) is 2. The second kappa shape index (κ2) is 7.32. The molecule has 5 nitrogen and oxygen atoms in total. The fourth-order valence-electron chi connectivity index (χ4n) is 0.622. The summed E-state index contributed by atoms with van der Waals surface area (Å²) < 4.78 is 37.2. The van der Waals surface area contributed by atoms with E-state index < -0.39 is 37.4 Å². The summed E-state index contributed by atoms with van der Waals surface area (Å²) >= 11 is 0. The number of esters is 2. The Bertz CT molecular complexity index is 313. The highest BCUT2D eigenvalue weighted by Gasteiger charge is 2.18. The summed E-state index contributed by atoms with van der Waals surface area (Å²) in [7, 11) is 0. The molecule has 0 spiro atoms. The Labute approximate surface area is 88.6 Å². The standard InChI is InChI=1S/C9H16O5/c1-3-13-9(12)7(2)14-8(11)5-4-6-10/h7,10H,3-6H2,1-2H3/t7-/m0/s1/i5D2,6D2. The summed E-state index contributed by atoms with van der Waals surface area (Å²) in [5, 5.41) is 8.82. The van der Waals surface area contributed by atoms with Gasteiger partial charge >= 0.3 is 11.9 Å². The number of carbonyl (C=O) groups is 2. The first-order valence-electron chi connectivity index (χ1n) is 6.09. The molecular weight excluding hydrogens is 188 g/mol. The van der Waals surface area contributed by atoms with Crippen LogP contribution < -0.4 is 0 Å². The molecule has 0 aliphatic rings. The maximum absolute atomic E-state index is 11.4. The molecule has 1 atom stereocenters. The van der Waals surface area contributed by atoms with E-state index >= 15 is 0 Å². The van der Waals surface area contributed by atoms with Crippen LogP contribution in [0.15, 0.2) is 0 Å². The van der Waals surface area contributed by atoms with E-state index in [0.29, 0.717) is 0 Å². The predicted octanol–water partition coefficient (Wildman–Crippen LogP) is 0.254. The van der Waals surface area contributed by atoms with E-state index in [9.17, 15) is 9.59 Å². The second-order valence-corrected chi connectivity index (χ2v) is 2.31. The third-order valence-corrected chi connectivity index (χ3v) is 1.21. The fourth-order valence-corrected chi connectivity index (χ4v) is 0.622. The Kier molecular flexibility index (Phi) is 3.78. The maximum atomic E-state index is 11.4. The smallest absolute Gasteiger partial charge is 0.347 e. The minimum Gasteiger partial charge on any atom is -0.463 e. The van der Waals surface area contributed by atoms with Crippen LogP contribution in [-0.4, -0.2) is 36.3 Å². The number of hydrogen-bond donors (Lipinski definition) is 1. The SMILES string of the molecule is [2H]C([2H])(O)CC([2H])([2H])C(=O)O[C@@H](C)C(=O)OCC. The topological polar surface area (TPSA) is 72.8 Å². The highest BCUT2D eigenvalue weighted by Crippen LogP contribution is 1.99. The molecule has 0 aliphatic heterocycles. The van der Waals surface area contributed by atoms with E-state index in [0.717, 1.165) is 0 Å². The molecule has 0 radical (unpaired) electrons. The van der Waals surface area contributed by atoms with Crippen molar-refractivity contribution in [3.05, 3.63) is 0 Å². The highest BCUT2D eigenvalue weighted by atomic mass is 16.6. The summed E-state index contributed by atoms with van der Waals surface area (Å²) in [6, 6.07) is 0. The van der Waals surface area contributed by atoms with E-state index in [1.165, 1.54) is 6.92 Å². The van der Waals surface area contributed by atoms with Crippen molar-refractivity contribution in [2.24, 2.45) is 0 Å². The van der Waals surface area contributed by atoms with Gasteiger partial charge in [-0.25, -0.2) is 4.79 Å². The van der Waals surface area contributed by atoms with E-state index in [1.54, 1.807) is 6.92 Å². The molecule has 0 fully saturated rings. The summed E-state index contributed by atoms with van der Waals surface area (Å²) in [6.07, 6.45) is -5.12. The quantitative estimate of drug-likeness (QED) is 0.633. The van der Waals surface area contributed by atoms with Crippen molar-refractivity contribution >= 4 is 11.9 Å². The molecule has 1 N–H and O–H groups in total. The number of rotatable bonds is 6. The first kappa shape index (κ1) is 7.23. The monoisotopic (exact) mass is 208 g/mol. The number of aliphatic hydroxyl groups is 1. The molecule has 0 saturated heterocycles. The van der Waals surface area contributed by atoms with Gasteiger partial charge in [0, 0.05) is 15.7 Å². The molecule has 0 aromatic carbocycles. The first-order valence-corrected chi connectivity index (χ1v) is 4.09. The molecule has 14 heavy (non-hydrogen) atoms. The van der Waals surface area contributed by atoms with E-state index in [2.05, 4.69) is 9.47 Å². The molecule has 0 unspecified atom stereocenters. The highest BCUT2D eigenvalue weighted by molar-refractivity contribution is 5.78. The molecule has 0 aromatic rings. The van der Waals surface area contributed by atoms with Gasteiger partial charge < -0.3 is 14.6 Å². The first-order chi connectivity index (χ1) is 7.99. The van der Waals surface area contributed by atoms with E-state index in [-0.39, 0.29) is 6.61 Å². The van der Waals surface area contributed by atoms with Crippen LogP contribution in [0.1, 0.15) is 32.1 Å². The van der Waals surface area contributed by atoms with Crippen LogP contribution in [0, 0.1) is 0 Å². The van der Waals surface area contributed by atoms with Crippen molar-refractivity contribution in [1.82, 2.24) is 0 Å². The summed E-state index contributed by atoms with van der Waals surface area (Å²) in [5.74, 6) is -2.25. The van der Waals surface area contributed by atoms with Crippen LogP contribution >= 0.6 is 0 Å². The molecule has 0 rings (SSSR count). The molecule has 0 aromatic heterocycles. The molecule has 0 bridgehead atoms. The van der Waals surface area contributed by atoms with Crippen LogP contribution in [0.5, 0.6) is 0 Å². The van der Waals surface area contributed by atoms with Crippen molar-refractivity contribution in [1.29, 1.82) is 0 Å². The molecule has 0 saturated carbocycles. The third kappa shape index (κ3) is 5.53. The normalized spacial score (nSPS) is 18.2. The van der Waals surface area contributed by atoms with Crippen LogP contribution in [-0.2, 0) is 19.1 Å². The average molecular weight is 208 g/mol. The molecule has 5 heteroatoms. The van der Waals surface area contributed by atoms with Crippen LogP contribution in [0.4, 0.5) is 0 Å². The van der Waals surface area contributed by atoms with E-state index in [1.807, 2.05) is 0 Å². The molecule has 82 valence electrons. The zero-order valence-corrected chi connectivity index (χ0v) is 8.07. The van der Waals surface area contributed by atoms with Gasteiger partial charge in [0.25, 0.3) is 0 Å². The number of carbonyl (C=O) groups excluding carboxylic acids is 2. The predicted molar refractivity (Wildman–Crippen MR) is 48.5 cm³/mol. The van der Waals surface area contributed by atoms with Crippen molar-refractivity contribution in [2.75, 3.05) is 13.2 Å². The van der Waals surface area contributed by atoms with Crippen LogP contribution in [0.3, 0.4) is 0 Å². The minimum atomic E-state index is -2.85. The van der Waals surface area contributed by atoms with E-state index in [4.69, 9.17) is 10.6 Å². The van der Waals surface area contributed by atoms with Crippen molar-refractivity contribution in [3.63, 3.8) is 0 Å². The van der Waals surface area contributed by atoms with Crippen molar-refractivity contribution in [3.8, 4) is 0 Å². The zero-order chi connectivity index (χ0) is 14.6. The molecule has 0 aliphatic carbocycles. The fraction of sp³-hybridized carbons (Fsp3) is 0.778. The lowest BCUT2D eigenvalue weighted by Gasteiger charge is -2.11. The minimum absolute atomic E-state index is 0.0901. The largest absolute Gasteiger partial charge is 0.463 e. The van der Waals surface area contributed by atoms with Gasteiger partial charge in [0.1, 0.15) is 0 Å². The summed E-state index contributed by atoms with van der Waals surface area (Å²) in [5.41, 5.74) is 0. The lowest BCUT2D eigenvalue weighted by molar-refractivity contribution is -0.166. The van der Waals surface area contributed by atoms with Crippen LogP contribution in [0.2, 0.25) is 0 Å². The summed E-state index contributed by atoms with van der Waals surface area (Å²) in [4.78, 5) is 22.5. The van der Waals surface area contributed by atoms with Gasteiger partial charge in [-0.15, -0.1) is 0 Å². The van der Waals surface area contributed by atoms with Gasteiger partial charge in [-0.2, -0.15) is 0 Å². The van der Waals surface area contributed by atoms with Gasteiger partial charge in [-0.05, 0) is 20.3 Å². The van der Waals surface area contributed by atoms with Crippen LogP contribution in [0.25, 0.3) is 0 Å². The lowest BCUT2D eigenvalue weighted by Crippen LogP contribution is -2.26. The molecule has 0 amide bonds. The second-order valence-electron chi connectivity index (χ2n) is 2.31. The van der Waals surface area contributed by atoms with Crippen molar-refractivity contribution in [2.45, 2.75) is 32.7 Å². The zero-order valence-electron chi connectivity index (χ0n) is 12.1. The lowest BCUT2D eigenvalue weighted by atomic mass is 10.3. The average Bonchev–Trinajstić information content (AvgIpc) is 2.13. The van der Waals surface area contributed by atoms with Gasteiger partial charge in [-0.1, -0.05) is 0 Å². The summed E-state index contributed by atoms with van der Waals surface area (Å²) in [6.45, 7) is 0.00800. The van der Waals surface area contributed by atoms with Gasteiger partial charge in [0.05, 0.1) is 9.35 Å². The maximum Gasteiger partial charge on any atom is 0.347 e. The third-order valence-electron chi connectivity index (χ3n) is 1.21. The van der Waals surface area contributed by atoms with Gasteiger partial charge in [-0.3, -0.25) is 4.79 Å². The molecule has 0 heterocycles. The van der Waals surface area contributed by atoms with Gasteiger partial charge in [0.15, 0.2) is 6.10 Å². The Morgan fingerprint density at radius 1 is 1.57 bits per heavy atom. The molecular formula is C9H16O5. The Hall–Kier alpha value is -1.10. The Morgan fingerprint density at radius 3 is 2.71 bits per heavy atom.